The molecule has 1 rings (SSSR count). The topological polar surface area (TPSA) is 47.6 Å². The molecule has 0 aliphatic carbocycles. The number of rotatable bonds is 7. The van der Waals surface area contributed by atoms with E-state index in [4.69, 9.17) is 9.47 Å². The Bertz CT molecular complexity index is 396. The summed E-state index contributed by atoms with van der Waals surface area (Å²) in [6.07, 6.45) is 1.12. The Labute approximate surface area is 115 Å². The molecule has 0 aromatic heterocycles. The van der Waals surface area contributed by atoms with Gasteiger partial charge in [0.15, 0.2) is 0 Å². The van der Waals surface area contributed by atoms with Crippen molar-refractivity contribution in [3.05, 3.63) is 29.8 Å². The van der Waals surface area contributed by atoms with Crippen LogP contribution in [0.5, 0.6) is 5.75 Å². The summed E-state index contributed by atoms with van der Waals surface area (Å²) in [6, 6.07) is 7.78. The highest BCUT2D eigenvalue weighted by Gasteiger charge is 2.31. The van der Waals surface area contributed by atoms with Crippen molar-refractivity contribution in [1.29, 1.82) is 0 Å². The molecule has 0 saturated heterocycles. The van der Waals surface area contributed by atoms with Crippen molar-refractivity contribution in [2.24, 2.45) is 0 Å². The van der Waals surface area contributed by atoms with Gasteiger partial charge in [0, 0.05) is 0 Å². The minimum absolute atomic E-state index is 0.186. The Kier molecular flexibility index (Phi) is 5.83. The second-order valence-corrected chi connectivity index (χ2v) is 4.40. The van der Waals surface area contributed by atoms with Crippen molar-refractivity contribution >= 4 is 5.97 Å². The molecular weight excluding hydrogens is 242 g/mol. The molecule has 4 heteroatoms. The third-order valence-corrected chi connectivity index (χ3v) is 3.48. The lowest BCUT2D eigenvalue weighted by Gasteiger charge is -2.32. The summed E-state index contributed by atoms with van der Waals surface area (Å²) in [7, 11) is 3.51. The van der Waals surface area contributed by atoms with Crippen LogP contribution >= 0.6 is 0 Å². The summed E-state index contributed by atoms with van der Waals surface area (Å²) in [5, 5.41) is 3.27. The van der Waals surface area contributed by atoms with Crippen LogP contribution in [0, 0.1) is 0 Å². The minimum Gasteiger partial charge on any atom is -0.497 e. The largest absolute Gasteiger partial charge is 0.497 e. The lowest BCUT2D eigenvalue weighted by atomic mass is 9.84. The molecule has 0 aliphatic heterocycles. The van der Waals surface area contributed by atoms with Crippen molar-refractivity contribution in [3.63, 3.8) is 0 Å². The Hall–Kier alpha value is -1.55. The standard InChI is InChI=1S/C15H23NO3/c1-5-15(16-3,11-14(17)19-6-2)12-7-9-13(18-4)10-8-12/h7-10,16H,5-6,11H2,1-4H3. The SMILES string of the molecule is CCOC(=O)CC(CC)(NC)c1ccc(OC)cc1. The fraction of sp³-hybridized carbons (Fsp3) is 0.533. The lowest BCUT2D eigenvalue weighted by molar-refractivity contribution is -0.145. The van der Waals surface area contributed by atoms with E-state index in [1.54, 1.807) is 7.11 Å². The van der Waals surface area contributed by atoms with E-state index < -0.39 is 5.54 Å². The average molecular weight is 265 g/mol. The smallest absolute Gasteiger partial charge is 0.308 e. The summed E-state index contributed by atoms with van der Waals surface area (Å²) in [5.41, 5.74) is 0.671. The van der Waals surface area contributed by atoms with Gasteiger partial charge in [-0.25, -0.2) is 0 Å². The zero-order valence-corrected chi connectivity index (χ0v) is 12.2. The fourth-order valence-electron chi connectivity index (χ4n) is 2.21. The molecule has 1 unspecified atom stereocenters. The molecule has 1 aromatic rings. The van der Waals surface area contributed by atoms with Crippen molar-refractivity contribution in [1.82, 2.24) is 5.32 Å². The molecule has 19 heavy (non-hydrogen) atoms. The van der Waals surface area contributed by atoms with Crippen LogP contribution < -0.4 is 10.1 Å². The Morgan fingerprint density at radius 3 is 2.32 bits per heavy atom. The number of methoxy groups -OCH3 is 1. The van der Waals surface area contributed by atoms with Gasteiger partial charge in [-0.1, -0.05) is 19.1 Å². The number of hydrogen-bond acceptors (Lipinski definition) is 4. The highest BCUT2D eigenvalue weighted by Crippen LogP contribution is 2.30. The minimum atomic E-state index is -0.390. The molecule has 0 heterocycles. The lowest BCUT2D eigenvalue weighted by Crippen LogP contribution is -2.41. The Morgan fingerprint density at radius 2 is 1.89 bits per heavy atom. The fourth-order valence-corrected chi connectivity index (χ4v) is 2.21. The van der Waals surface area contributed by atoms with Gasteiger partial charge in [-0.3, -0.25) is 4.79 Å². The third-order valence-electron chi connectivity index (χ3n) is 3.48. The Morgan fingerprint density at radius 1 is 1.26 bits per heavy atom. The first-order valence-electron chi connectivity index (χ1n) is 6.61. The molecule has 4 nitrogen and oxygen atoms in total. The average Bonchev–Trinajstić information content (AvgIpc) is 2.45. The number of ether oxygens (including phenoxy) is 2. The third kappa shape index (κ3) is 3.70. The van der Waals surface area contributed by atoms with Gasteiger partial charge in [-0.05, 0) is 38.1 Å². The second kappa shape index (κ2) is 7.14. The zero-order valence-electron chi connectivity index (χ0n) is 12.2. The van der Waals surface area contributed by atoms with Gasteiger partial charge in [-0.2, -0.15) is 0 Å². The van der Waals surface area contributed by atoms with Crippen LogP contribution in [0.2, 0.25) is 0 Å². The second-order valence-electron chi connectivity index (χ2n) is 4.40. The normalized spacial score (nSPS) is 13.7. The molecule has 0 aliphatic rings. The summed E-state index contributed by atoms with van der Waals surface area (Å²) >= 11 is 0. The van der Waals surface area contributed by atoms with Crippen molar-refractivity contribution < 1.29 is 14.3 Å². The van der Waals surface area contributed by atoms with Crippen LogP contribution in [0.3, 0.4) is 0 Å². The first kappa shape index (κ1) is 15.5. The van der Waals surface area contributed by atoms with E-state index in [0.29, 0.717) is 13.0 Å². The van der Waals surface area contributed by atoms with E-state index in [-0.39, 0.29) is 5.97 Å². The predicted molar refractivity (Wildman–Crippen MR) is 75.3 cm³/mol. The maximum absolute atomic E-state index is 11.8. The van der Waals surface area contributed by atoms with E-state index >= 15 is 0 Å². The van der Waals surface area contributed by atoms with Crippen LogP contribution in [0.25, 0.3) is 0 Å². The van der Waals surface area contributed by atoms with E-state index in [2.05, 4.69) is 12.2 Å². The summed E-state index contributed by atoms with van der Waals surface area (Å²) in [4.78, 5) is 11.8. The molecule has 0 radical (unpaired) electrons. The molecule has 0 bridgehead atoms. The highest BCUT2D eigenvalue weighted by molar-refractivity contribution is 5.71. The molecule has 1 N–H and O–H groups in total. The van der Waals surface area contributed by atoms with Gasteiger partial charge < -0.3 is 14.8 Å². The van der Waals surface area contributed by atoms with Crippen LogP contribution in [-0.2, 0) is 15.1 Å². The van der Waals surface area contributed by atoms with Gasteiger partial charge >= 0.3 is 5.97 Å². The number of carbonyl (C=O) groups excluding carboxylic acids is 1. The molecule has 0 saturated carbocycles. The number of carbonyl (C=O) groups is 1. The monoisotopic (exact) mass is 265 g/mol. The van der Waals surface area contributed by atoms with Gasteiger partial charge in [0.05, 0.1) is 25.7 Å². The van der Waals surface area contributed by atoms with Crippen LogP contribution in [0.4, 0.5) is 0 Å². The maximum Gasteiger partial charge on any atom is 0.308 e. The molecular formula is C15H23NO3. The van der Waals surface area contributed by atoms with E-state index in [1.165, 1.54) is 0 Å². The zero-order chi connectivity index (χ0) is 14.3. The molecule has 1 atom stereocenters. The summed E-state index contributed by atoms with van der Waals surface area (Å²) < 4.78 is 10.2. The van der Waals surface area contributed by atoms with Crippen LogP contribution in [0.1, 0.15) is 32.3 Å². The van der Waals surface area contributed by atoms with Crippen LogP contribution in [-0.4, -0.2) is 26.7 Å². The molecule has 0 amide bonds. The molecule has 0 fully saturated rings. The van der Waals surface area contributed by atoms with Crippen LogP contribution in [0.15, 0.2) is 24.3 Å². The predicted octanol–water partition coefficient (Wildman–Crippen LogP) is 2.47. The summed E-state index contributed by atoms with van der Waals surface area (Å²) in [6.45, 7) is 4.28. The van der Waals surface area contributed by atoms with E-state index in [1.807, 2.05) is 38.2 Å². The summed E-state index contributed by atoms with van der Waals surface area (Å²) in [5.74, 6) is 0.621. The first-order valence-corrected chi connectivity index (χ1v) is 6.61. The maximum atomic E-state index is 11.8. The van der Waals surface area contributed by atoms with Gasteiger partial charge in [0.25, 0.3) is 0 Å². The van der Waals surface area contributed by atoms with Crippen molar-refractivity contribution in [2.45, 2.75) is 32.2 Å². The quantitative estimate of drug-likeness (QED) is 0.769. The molecule has 1 aromatic carbocycles. The number of esters is 1. The number of benzene rings is 1. The van der Waals surface area contributed by atoms with Crippen molar-refractivity contribution in [2.75, 3.05) is 20.8 Å². The van der Waals surface area contributed by atoms with Gasteiger partial charge in [0.1, 0.15) is 5.75 Å². The van der Waals surface area contributed by atoms with E-state index in [0.717, 1.165) is 17.7 Å². The number of hydrogen-bond donors (Lipinski definition) is 1. The molecule has 0 spiro atoms. The van der Waals surface area contributed by atoms with Crippen molar-refractivity contribution in [3.8, 4) is 5.75 Å². The Balaban J connectivity index is 2.99. The number of nitrogens with one attached hydrogen (secondary N) is 1. The first-order chi connectivity index (χ1) is 9.11. The van der Waals surface area contributed by atoms with E-state index in [9.17, 15) is 4.79 Å². The van der Waals surface area contributed by atoms with Gasteiger partial charge in [-0.15, -0.1) is 0 Å². The molecule has 106 valence electrons. The highest BCUT2D eigenvalue weighted by atomic mass is 16.5. The van der Waals surface area contributed by atoms with Gasteiger partial charge in [0.2, 0.25) is 0 Å².